The minimum Gasteiger partial charge on any atom is -0.465 e. The van der Waals surface area contributed by atoms with Crippen LogP contribution in [-0.4, -0.2) is 23.9 Å². The smallest absolute Gasteiger partial charge is 0.337 e. The highest BCUT2D eigenvalue weighted by Crippen LogP contribution is 2.25. The van der Waals surface area contributed by atoms with Gasteiger partial charge in [0.05, 0.1) is 17.6 Å². The van der Waals surface area contributed by atoms with Crippen molar-refractivity contribution >= 4 is 23.3 Å². The van der Waals surface area contributed by atoms with E-state index in [-0.39, 0.29) is 16.8 Å². The van der Waals surface area contributed by atoms with E-state index in [9.17, 15) is 19.7 Å². The number of nitro groups is 1. The molecule has 0 aromatic heterocycles. The molecule has 24 heavy (non-hydrogen) atoms. The zero-order chi connectivity index (χ0) is 17.9. The van der Waals surface area contributed by atoms with Gasteiger partial charge in [-0.05, 0) is 37.6 Å². The Morgan fingerprint density at radius 2 is 1.83 bits per heavy atom. The van der Waals surface area contributed by atoms with Crippen LogP contribution in [0, 0.1) is 24.0 Å². The summed E-state index contributed by atoms with van der Waals surface area (Å²) >= 11 is 0. The van der Waals surface area contributed by atoms with Crippen molar-refractivity contribution in [3.63, 3.8) is 0 Å². The summed E-state index contributed by atoms with van der Waals surface area (Å²) in [6.07, 6.45) is 0. The summed E-state index contributed by atoms with van der Waals surface area (Å²) in [7, 11) is 1.26. The van der Waals surface area contributed by atoms with Gasteiger partial charge in [-0.1, -0.05) is 18.2 Å². The fraction of sp³-hybridized carbons (Fsp3) is 0.176. The number of benzene rings is 2. The predicted octanol–water partition coefficient (Wildman–Crippen LogP) is 3.25. The van der Waals surface area contributed by atoms with E-state index in [1.165, 1.54) is 19.2 Å². The van der Waals surface area contributed by atoms with Crippen LogP contribution >= 0.6 is 0 Å². The lowest BCUT2D eigenvalue weighted by Crippen LogP contribution is -2.16. The number of anilines is 1. The van der Waals surface area contributed by atoms with Crippen molar-refractivity contribution in [1.29, 1.82) is 0 Å². The molecule has 0 heterocycles. The Hall–Kier alpha value is -3.22. The second kappa shape index (κ2) is 6.91. The highest BCUT2D eigenvalue weighted by molar-refractivity contribution is 6.08. The van der Waals surface area contributed by atoms with E-state index in [2.05, 4.69) is 10.1 Å². The number of nitrogens with zero attached hydrogens (tertiary/aromatic N) is 1. The van der Waals surface area contributed by atoms with E-state index in [1.54, 1.807) is 38.1 Å². The first-order valence-electron chi connectivity index (χ1n) is 7.09. The number of rotatable bonds is 4. The average molecular weight is 328 g/mol. The van der Waals surface area contributed by atoms with Crippen LogP contribution in [0.2, 0.25) is 0 Å². The number of methoxy groups -OCH3 is 1. The molecular weight excluding hydrogens is 312 g/mol. The molecule has 2 aromatic rings. The van der Waals surface area contributed by atoms with Crippen LogP contribution in [-0.2, 0) is 4.74 Å². The first-order valence-corrected chi connectivity index (χ1v) is 7.09. The van der Waals surface area contributed by atoms with Crippen LogP contribution in [0.5, 0.6) is 0 Å². The lowest BCUT2D eigenvalue weighted by Gasteiger charge is -2.11. The minimum atomic E-state index is -0.615. The van der Waals surface area contributed by atoms with Crippen molar-refractivity contribution in [3.8, 4) is 0 Å². The molecule has 1 N–H and O–H groups in total. The molecule has 0 aliphatic rings. The highest BCUT2D eigenvalue weighted by atomic mass is 16.6. The molecule has 0 aliphatic heterocycles. The van der Waals surface area contributed by atoms with Gasteiger partial charge in [0.15, 0.2) is 0 Å². The molecule has 0 saturated heterocycles. The maximum absolute atomic E-state index is 12.5. The number of aryl methyl sites for hydroxylation is 2. The fourth-order valence-corrected chi connectivity index (χ4v) is 2.28. The number of carbonyl (C=O) groups excluding carboxylic acids is 2. The number of nitrogens with one attached hydrogen (secondary N) is 1. The number of amides is 1. The van der Waals surface area contributed by atoms with Crippen molar-refractivity contribution < 1.29 is 19.2 Å². The maximum Gasteiger partial charge on any atom is 0.337 e. The third-order valence-corrected chi connectivity index (χ3v) is 3.57. The maximum atomic E-state index is 12.5. The van der Waals surface area contributed by atoms with Crippen molar-refractivity contribution in [1.82, 2.24) is 0 Å². The summed E-state index contributed by atoms with van der Waals surface area (Å²) in [5.74, 6) is -1.15. The van der Waals surface area contributed by atoms with Crippen molar-refractivity contribution in [2.45, 2.75) is 13.8 Å². The molecule has 0 aliphatic carbocycles. The average Bonchev–Trinajstić information content (AvgIpc) is 2.55. The van der Waals surface area contributed by atoms with E-state index in [0.717, 1.165) is 0 Å². The molecule has 0 unspecified atom stereocenters. The Morgan fingerprint density at radius 1 is 1.12 bits per heavy atom. The zero-order valence-electron chi connectivity index (χ0n) is 13.5. The summed E-state index contributed by atoms with van der Waals surface area (Å²) in [4.78, 5) is 34.7. The summed E-state index contributed by atoms with van der Waals surface area (Å²) < 4.78 is 4.65. The summed E-state index contributed by atoms with van der Waals surface area (Å²) in [6, 6.07) is 9.24. The number of esters is 1. The molecule has 0 spiro atoms. The molecule has 7 nitrogen and oxygen atoms in total. The molecule has 0 bridgehead atoms. The van der Waals surface area contributed by atoms with E-state index < -0.39 is 16.8 Å². The van der Waals surface area contributed by atoms with Gasteiger partial charge in [0.25, 0.3) is 11.6 Å². The molecule has 7 heteroatoms. The van der Waals surface area contributed by atoms with E-state index >= 15 is 0 Å². The van der Waals surface area contributed by atoms with E-state index in [4.69, 9.17) is 0 Å². The lowest BCUT2D eigenvalue weighted by atomic mass is 10.1. The molecule has 2 rings (SSSR count). The number of ether oxygens (including phenoxy) is 1. The molecule has 124 valence electrons. The number of hydrogen-bond acceptors (Lipinski definition) is 5. The van der Waals surface area contributed by atoms with Crippen LogP contribution in [0.1, 0.15) is 31.8 Å². The molecular formula is C17H16N2O5. The summed E-state index contributed by atoms with van der Waals surface area (Å²) in [5, 5.41) is 13.8. The Balaban J connectivity index is 2.39. The Bertz CT molecular complexity index is 830. The standard InChI is InChI=1S/C17H16N2O5/c1-10-7-8-12(17(21)24-3)9-14(10)18-16(20)13-6-4-5-11(2)15(13)19(22)23/h4-9H,1-3H3,(H,18,20). The minimum absolute atomic E-state index is 0.0390. The van der Waals surface area contributed by atoms with Gasteiger partial charge in [-0.2, -0.15) is 0 Å². The largest absolute Gasteiger partial charge is 0.465 e. The molecule has 0 radical (unpaired) electrons. The predicted molar refractivity (Wildman–Crippen MR) is 88.3 cm³/mol. The lowest BCUT2D eigenvalue weighted by molar-refractivity contribution is -0.385. The second-order valence-electron chi connectivity index (χ2n) is 5.20. The molecule has 1 amide bonds. The van der Waals surface area contributed by atoms with Gasteiger partial charge < -0.3 is 10.1 Å². The van der Waals surface area contributed by atoms with Crippen molar-refractivity contribution in [2.75, 3.05) is 12.4 Å². The van der Waals surface area contributed by atoms with Crippen molar-refractivity contribution in [3.05, 3.63) is 68.8 Å². The Morgan fingerprint density at radius 3 is 2.46 bits per heavy atom. The van der Waals surface area contributed by atoms with Crippen LogP contribution in [0.15, 0.2) is 36.4 Å². The first-order chi connectivity index (χ1) is 11.3. The van der Waals surface area contributed by atoms with Gasteiger partial charge in [-0.3, -0.25) is 14.9 Å². The Kier molecular flexibility index (Phi) is 4.93. The van der Waals surface area contributed by atoms with Gasteiger partial charge in [-0.25, -0.2) is 4.79 Å². The number of carbonyl (C=O) groups is 2. The van der Waals surface area contributed by atoms with Gasteiger partial charge >= 0.3 is 5.97 Å². The van der Waals surface area contributed by atoms with Gasteiger partial charge in [-0.15, -0.1) is 0 Å². The normalized spacial score (nSPS) is 10.1. The van der Waals surface area contributed by atoms with E-state index in [1.807, 2.05) is 0 Å². The van der Waals surface area contributed by atoms with Crippen molar-refractivity contribution in [2.24, 2.45) is 0 Å². The third kappa shape index (κ3) is 3.40. The third-order valence-electron chi connectivity index (χ3n) is 3.57. The molecule has 2 aromatic carbocycles. The zero-order valence-corrected chi connectivity index (χ0v) is 13.5. The van der Waals surface area contributed by atoms with Gasteiger partial charge in [0.2, 0.25) is 0 Å². The topological polar surface area (TPSA) is 98.5 Å². The highest BCUT2D eigenvalue weighted by Gasteiger charge is 2.23. The van der Waals surface area contributed by atoms with E-state index in [0.29, 0.717) is 16.8 Å². The quantitative estimate of drug-likeness (QED) is 0.527. The molecule has 0 saturated carbocycles. The fourth-order valence-electron chi connectivity index (χ4n) is 2.28. The van der Waals surface area contributed by atoms with Gasteiger partial charge in [0.1, 0.15) is 5.56 Å². The Labute approximate surface area is 138 Å². The summed E-state index contributed by atoms with van der Waals surface area (Å²) in [6.45, 7) is 3.32. The monoisotopic (exact) mass is 328 g/mol. The number of nitro benzene ring substituents is 1. The van der Waals surface area contributed by atoms with Crippen LogP contribution in [0.3, 0.4) is 0 Å². The second-order valence-corrected chi connectivity index (χ2v) is 5.20. The van der Waals surface area contributed by atoms with Crippen LogP contribution in [0.25, 0.3) is 0 Å². The molecule has 0 fully saturated rings. The van der Waals surface area contributed by atoms with Crippen LogP contribution in [0.4, 0.5) is 11.4 Å². The first kappa shape index (κ1) is 17.1. The number of para-hydroxylation sites is 1. The summed E-state index contributed by atoms with van der Waals surface area (Å²) in [5.41, 5.74) is 1.49. The van der Waals surface area contributed by atoms with Crippen LogP contribution < -0.4 is 5.32 Å². The molecule has 0 atom stereocenters. The SMILES string of the molecule is COC(=O)c1ccc(C)c(NC(=O)c2cccc(C)c2[N+](=O)[O-])c1. The van der Waals surface area contributed by atoms with Gasteiger partial charge in [0, 0.05) is 11.3 Å². The number of hydrogen-bond donors (Lipinski definition) is 1.